The summed E-state index contributed by atoms with van der Waals surface area (Å²) in [6, 6.07) is 8.76. The molecule has 0 saturated carbocycles. The Bertz CT molecular complexity index is 1030. The minimum absolute atomic E-state index is 0.122. The second-order valence-electron chi connectivity index (χ2n) is 7.36. The number of esters is 1. The van der Waals surface area contributed by atoms with Gasteiger partial charge < -0.3 is 9.72 Å². The molecule has 0 fully saturated rings. The summed E-state index contributed by atoms with van der Waals surface area (Å²) in [5.74, 6) is -0.551. The van der Waals surface area contributed by atoms with E-state index in [4.69, 9.17) is 16.3 Å². The van der Waals surface area contributed by atoms with Gasteiger partial charge in [0.25, 0.3) is 0 Å². The van der Waals surface area contributed by atoms with Gasteiger partial charge in [0, 0.05) is 23.0 Å². The number of aromatic amines is 1. The summed E-state index contributed by atoms with van der Waals surface area (Å²) >= 11 is 6.06. The third-order valence-electron chi connectivity index (χ3n) is 4.30. The van der Waals surface area contributed by atoms with Gasteiger partial charge in [-0.3, -0.25) is 14.6 Å². The molecule has 1 N–H and O–H groups in total. The second-order valence-corrected chi connectivity index (χ2v) is 7.79. The summed E-state index contributed by atoms with van der Waals surface area (Å²) in [5, 5.41) is 1.14. The monoisotopic (exact) mass is 384 g/mol. The van der Waals surface area contributed by atoms with E-state index in [2.05, 4.69) is 30.7 Å². The molecule has 0 atom stereocenters. The fourth-order valence-electron chi connectivity index (χ4n) is 2.75. The highest BCUT2D eigenvalue weighted by molar-refractivity contribution is 6.31. The highest BCUT2D eigenvalue weighted by atomic mass is 35.5. The van der Waals surface area contributed by atoms with Gasteiger partial charge in [0.2, 0.25) is 5.78 Å². The summed E-state index contributed by atoms with van der Waals surface area (Å²) in [6.45, 7) is 7.89. The van der Waals surface area contributed by atoms with Crippen molar-refractivity contribution in [3.63, 3.8) is 0 Å². The fourth-order valence-corrected chi connectivity index (χ4v) is 2.92. The molecular formula is C21H21ClN2O3. The van der Waals surface area contributed by atoms with Crippen molar-refractivity contribution < 1.29 is 14.3 Å². The summed E-state index contributed by atoms with van der Waals surface area (Å²) in [6.07, 6.45) is 1.82. The number of rotatable bonds is 4. The number of H-pyrrole nitrogens is 1. The van der Waals surface area contributed by atoms with Crippen LogP contribution in [0.5, 0.6) is 5.75 Å². The normalized spacial score (nSPS) is 11.6. The van der Waals surface area contributed by atoms with Crippen LogP contribution in [0.15, 0.2) is 36.5 Å². The van der Waals surface area contributed by atoms with Crippen molar-refractivity contribution >= 4 is 34.3 Å². The van der Waals surface area contributed by atoms with Crippen LogP contribution in [0.1, 0.15) is 55.9 Å². The number of hydrogen-bond acceptors (Lipinski definition) is 4. The average Bonchev–Trinajstić information content (AvgIpc) is 2.97. The van der Waals surface area contributed by atoms with E-state index in [0.717, 1.165) is 5.56 Å². The number of carbonyl (C=O) groups is 2. The highest BCUT2D eigenvalue weighted by Crippen LogP contribution is 2.34. The maximum absolute atomic E-state index is 13.2. The Balaban J connectivity index is 2.14. The third kappa shape index (κ3) is 3.88. The van der Waals surface area contributed by atoms with E-state index in [0.29, 0.717) is 15.9 Å². The van der Waals surface area contributed by atoms with Gasteiger partial charge in [-0.15, -0.1) is 0 Å². The largest absolute Gasteiger partial charge is 0.423 e. The van der Waals surface area contributed by atoms with Crippen LogP contribution < -0.4 is 4.74 Å². The lowest BCUT2D eigenvalue weighted by Gasteiger charge is -2.19. The number of benzene rings is 1. The fraction of sp³-hybridized carbons (Fsp3) is 0.286. The van der Waals surface area contributed by atoms with E-state index in [9.17, 15) is 9.59 Å². The Morgan fingerprint density at radius 2 is 1.93 bits per heavy atom. The number of nitrogens with zero attached hydrogens (tertiary/aromatic N) is 1. The quantitative estimate of drug-likeness (QED) is 0.504. The summed E-state index contributed by atoms with van der Waals surface area (Å²) < 4.78 is 5.47. The maximum atomic E-state index is 13.2. The predicted octanol–water partition coefficient (Wildman–Crippen LogP) is 5.06. The van der Waals surface area contributed by atoms with Gasteiger partial charge in [0.15, 0.2) is 5.75 Å². The van der Waals surface area contributed by atoms with Crippen LogP contribution in [-0.4, -0.2) is 21.7 Å². The lowest BCUT2D eigenvalue weighted by molar-refractivity contribution is -0.133. The molecule has 3 rings (SSSR count). The van der Waals surface area contributed by atoms with Crippen molar-refractivity contribution in [2.45, 2.75) is 39.5 Å². The van der Waals surface area contributed by atoms with Crippen LogP contribution in [-0.2, 0) is 10.2 Å². The van der Waals surface area contributed by atoms with Crippen LogP contribution in [0.3, 0.4) is 0 Å². The lowest BCUT2D eigenvalue weighted by atomic mass is 9.87. The number of ether oxygens (including phenoxy) is 1. The molecule has 2 aromatic heterocycles. The number of fused-ring (bicyclic) bond motifs is 1. The molecule has 0 aliphatic rings. The molecule has 0 spiro atoms. The van der Waals surface area contributed by atoms with Gasteiger partial charge in [-0.1, -0.05) is 39.3 Å². The highest BCUT2D eigenvalue weighted by Gasteiger charge is 2.24. The van der Waals surface area contributed by atoms with Crippen LogP contribution in [0.4, 0.5) is 0 Å². The summed E-state index contributed by atoms with van der Waals surface area (Å²) in [5.41, 5.74) is 1.97. The van der Waals surface area contributed by atoms with Crippen LogP contribution in [0, 0.1) is 0 Å². The first kappa shape index (κ1) is 19.1. The number of nitrogens with one attached hydrogen (secondary N) is 1. The van der Waals surface area contributed by atoms with Gasteiger partial charge in [0.05, 0.1) is 5.52 Å². The van der Waals surface area contributed by atoms with E-state index in [-0.39, 0.29) is 34.8 Å². The molecule has 27 heavy (non-hydrogen) atoms. The smallest absolute Gasteiger partial charge is 0.310 e. The van der Waals surface area contributed by atoms with Crippen molar-refractivity contribution in [1.82, 2.24) is 9.97 Å². The Labute approximate surface area is 162 Å². The number of carbonyl (C=O) groups excluding carboxylic acids is 2. The van der Waals surface area contributed by atoms with E-state index in [1.165, 1.54) is 0 Å². The number of pyridine rings is 1. The van der Waals surface area contributed by atoms with Crippen molar-refractivity contribution in [2.24, 2.45) is 0 Å². The zero-order chi connectivity index (χ0) is 19.8. The zero-order valence-corrected chi connectivity index (χ0v) is 16.5. The molecule has 140 valence electrons. The van der Waals surface area contributed by atoms with Crippen LogP contribution in [0.2, 0.25) is 5.02 Å². The summed E-state index contributed by atoms with van der Waals surface area (Å²) in [4.78, 5) is 32.3. The van der Waals surface area contributed by atoms with Crippen molar-refractivity contribution in [1.29, 1.82) is 0 Å². The number of aromatic nitrogens is 2. The van der Waals surface area contributed by atoms with Crippen LogP contribution >= 0.6 is 11.6 Å². The zero-order valence-electron chi connectivity index (χ0n) is 15.7. The van der Waals surface area contributed by atoms with Crippen molar-refractivity contribution in [2.75, 3.05) is 0 Å². The molecule has 0 saturated heterocycles. The molecule has 6 heteroatoms. The molecule has 0 aliphatic heterocycles. The van der Waals surface area contributed by atoms with E-state index >= 15 is 0 Å². The van der Waals surface area contributed by atoms with Crippen LogP contribution in [0.25, 0.3) is 10.9 Å². The first-order chi connectivity index (χ1) is 12.7. The number of halogens is 1. The second kappa shape index (κ2) is 7.16. The van der Waals surface area contributed by atoms with E-state index < -0.39 is 5.97 Å². The molecule has 1 aromatic carbocycles. The SMILES string of the molecule is CCC(=O)Oc1c(C(=O)c2cc(C(C)(C)C)ccn2)[nH]c2cc(Cl)ccc12. The molecular weight excluding hydrogens is 364 g/mol. The van der Waals surface area contributed by atoms with Gasteiger partial charge in [-0.05, 0) is 41.3 Å². The minimum Gasteiger partial charge on any atom is -0.423 e. The maximum Gasteiger partial charge on any atom is 0.310 e. The molecule has 0 aliphatic carbocycles. The van der Waals surface area contributed by atoms with Crippen molar-refractivity contribution in [3.05, 3.63) is 58.5 Å². The topological polar surface area (TPSA) is 72.1 Å². The third-order valence-corrected chi connectivity index (χ3v) is 4.54. The molecule has 0 unspecified atom stereocenters. The number of hydrogen-bond donors (Lipinski definition) is 1. The van der Waals surface area contributed by atoms with Gasteiger partial charge >= 0.3 is 5.97 Å². The molecule has 0 amide bonds. The first-order valence-corrected chi connectivity index (χ1v) is 9.11. The van der Waals surface area contributed by atoms with E-state index in [1.807, 2.05) is 6.07 Å². The molecule has 2 heterocycles. The predicted molar refractivity (Wildman–Crippen MR) is 106 cm³/mol. The molecule has 5 nitrogen and oxygen atoms in total. The van der Waals surface area contributed by atoms with Gasteiger partial charge in [-0.25, -0.2) is 0 Å². The molecule has 0 radical (unpaired) electrons. The Hall–Kier alpha value is -2.66. The standard InChI is InChI=1S/C21H21ClN2O3/c1-5-17(25)27-20-14-7-6-13(22)11-15(14)24-18(20)19(26)16-10-12(8-9-23-16)21(2,3)4/h6-11,24H,5H2,1-4H3. The Kier molecular flexibility index (Phi) is 5.07. The average molecular weight is 385 g/mol. The van der Waals surface area contributed by atoms with Gasteiger partial charge in [0.1, 0.15) is 11.4 Å². The summed E-state index contributed by atoms with van der Waals surface area (Å²) in [7, 11) is 0. The lowest BCUT2D eigenvalue weighted by Crippen LogP contribution is -2.15. The Morgan fingerprint density at radius 3 is 2.59 bits per heavy atom. The minimum atomic E-state index is -0.420. The van der Waals surface area contributed by atoms with Gasteiger partial charge in [-0.2, -0.15) is 0 Å². The first-order valence-electron chi connectivity index (χ1n) is 8.74. The van der Waals surface area contributed by atoms with E-state index in [1.54, 1.807) is 37.4 Å². The van der Waals surface area contributed by atoms with Crippen molar-refractivity contribution in [3.8, 4) is 5.75 Å². The number of ketones is 1. The molecule has 0 bridgehead atoms. The Morgan fingerprint density at radius 1 is 1.19 bits per heavy atom. The molecule has 3 aromatic rings.